The van der Waals surface area contributed by atoms with Crippen LogP contribution in [-0.2, 0) is 17.9 Å². The molecule has 2 heterocycles. The largest absolute Gasteiger partial charge is 0.462 e. The molecule has 5 heteroatoms. The summed E-state index contributed by atoms with van der Waals surface area (Å²) in [6.07, 6.45) is 4.05. The Balaban J connectivity index is 1.62. The molecule has 1 aliphatic rings. The Morgan fingerprint density at radius 2 is 2.00 bits per heavy atom. The van der Waals surface area contributed by atoms with Gasteiger partial charge in [-0.2, -0.15) is 0 Å². The fourth-order valence-electron chi connectivity index (χ4n) is 2.31. The summed E-state index contributed by atoms with van der Waals surface area (Å²) in [7, 11) is 0. The molecule has 106 valence electrons. The Kier molecular flexibility index (Phi) is 5.42. The molecule has 0 unspecified atom stereocenters. The smallest absolute Gasteiger partial charge is 0.223 e. The van der Waals surface area contributed by atoms with Gasteiger partial charge in [-0.25, -0.2) is 0 Å². The SMILES string of the molecule is O=C(CCNCc1ccc(CO)o1)N1CCCCC1. The standard InChI is InChI=1S/C14H22N2O3/c17-11-13-5-4-12(19-13)10-15-7-6-14(18)16-8-2-1-3-9-16/h4-5,15,17H,1-3,6-11H2. The van der Waals surface area contributed by atoms with Gasteiger partial charge in [0, 0.05) is 26.1 Å². The van der Waals surface area contributed by atoms with Gasteiger partial charge in [0.05, 0.1) is 6.54 Å². The molecule has 2 rings (SSSR count). The van der Waals surface area contributed by atoms with Crippen molar-refractivity contribution in [3.63, 3.8) is 0 Å². The first-order valence-electron chi connectivity index (χ1n) is 6.96. The zero-order valence-electron chi connectivity index (χ0n) is 11.2. The number of furan rings is 1. The van der Waals surface area contributed by atoms with Crippen molar-refractivity contribution in [2.45, 2.75) is 38.8 Å². The molecule has 0 spiro atoms. The third kappa shape index (κ3) is 4.36. The molecular weight excluding hydrogens is 244 g/mol. The Morgan fingerprint density at radius 3 is 2.68 bits per heavy atom. The van der Waals surface area contributed by atoms with Crippen molar-refractivity contribution in [3.05, 3.63) is 23.7 Å². The molecule has 1 fully saturated rings. The normalized spacial score (nSPS) is 15.7. The lowest BCUT2D eigenvalue weighted by Crippen LogP contribution is -2.37. The zero-order valence-corrected chi connectivity index (χ0v) is 11.2. The molecule has 19 heavy (non-hydrogen) atoms. The Labute approximate surface area is 113 Å². The van der Waals surface area contributed by atoms with E-state index in [1.807, 2.05) is 11.0 Å². The van der Waals surface area contributed by atoms with Crippen LogP contribution in [0.4, 0.5) is 0 Å². The highest BCUT2D eigenvalue weighted by Gasteiger charge is 2.15. The number of aliphatic hydroxyl groups excluding tert-OH is 1. The number of amides is 1. The van der Waals surface area contributed by atoms with Gasteiger partial charge in [-0.1, -0.05) is 0 Å². The number of likely N-dealkylation sites (tertiary alicyclic amines) is 1. The van der Waals surface area contributed by atoms with Crippen LogP contribution in [0.5, 0.6) is 0 Å². The van der Waals surface area contributed by atoms with E-state index in [0.29, 0.717) is 25.3 Å². The summed E-state index contributed by atoms with van der Waals surface area (Å²) in [5.74, 6) is 1.60. The summed E-state index contributed by atoms with van der Waals surface area (Å²) in [6, 6.07) is 3.60. The van der Waals surface area contributed by atoms with Gasteiger partial charge < -0.3 is 19.7 Å². The minimum Gasteiger partial charge on any atom is -0.462 e. The zero-order chi connectivity index (χ0) is 13.5. The molecule has 0 bridgehead atoms. The molecule has 0 aliphatic carbocycles. The van der Waals surface area contributed by atoms with Crippen LogP contribution in [0.1, 0.15) is 37.2 Å². The second-order valence-corrected chi connectivity index (χ2v) is 4.89. The maximum absolute atomic E-state index is 11.9. The lowest BCUT2D eigenvalue weighted by molar-refractivity contribution is -0.131. The number of piperidine rings is 1. The van der Waals surface area contributed by atoms with E-state index in [0.717, 1.165) is 31.7 Å². The highest BCUT2D eigenvalue weighted by atomic mass is 16.4. The van der Waals surface area contributed by atoms with Gasteiger partial charge in [-0.05, 0) is 31.4 Å². The van der Waals surface area contributed by atoms with Gasteiger partial charge in [-0.15, -0.1) is 0 Å². The number of carbonyl (C=O) groups excluding carboxylic acids is 1. The predicted octanol–water partition coefficient (Wildman–Crippen LogP) is 1.26. The van der Waals surface area contributed by atoms with Crippen LogP contribution >= 0.6 is 0 Å². The van der Waals surface area contributed by atoms with E-state index in [9.17, 15) is 4.79 Å². The third-order valence-corrected chi connectivity index (χ3v) is 3.40. The number of rotatable bonds is 6. The quantitative estimate of drug-likeness (QED) is 0.761. The van der Waals surface area contributed by atoms with Gasteiger partial charge in [0.25, 0.3) is 0 Å². The van der Waals surface area contributed by atoms with E-state index in [-0.39, 0.29) is 12.5 Å². The average molecular weight is 266 g/mol. The van der Waals surface area contributed by atoms with Crippen LogP contribution in [0.25, 0.3) is 0 Å². The second-order valence-electron chi connectivity index (χ2n) is 4.89. The van der Waals surface area contributed by atoms with E-state index >= 15 is 0 Å². The van der Waals surface area contributed by atoms with Crippen molar-refractivity contribution in [1.29, 1.82) is 0 Å². The summed E-state index contributed by atoms with van der Waals surface area (Å²) >= 11 is 0. The first-order chi connectivity index (χ1) is 9.29. The van der Waals surface area contributed by atoms with Crippen molar-refractivity contribution in [1.82, 2.24) is 10.2 Å². The predicted molar refractivity (Wildman–Crippen MR) is 71.4 cm³/mol. The van der Waals surface area contributed by atoms with E-state index in [4.69, 9.17) is 9.52 Å². The van der Waals surface area contributed by atoms with Crippen molar-refractivity contribution < 1.29 is 14.3 Å². The van der Waals surface area contributed by atoms with Crippen LogP contribution in [0.2, 0.25) is 0 Å². The van der Waals surface area contributed by atoms with Crippen LogP contribution in [0.15, 0.2) is 16.5 Å². The maximum atomic E-state index is 11.9. The summed E-state index contributed by atoms with van der Waals surface area (Å²) < 4.78 is 5.35. The van der Waals surface area contributed by atoms with Crippen molar-refractivity contribution in [3.8, 4) is 0 Å². The highest BCUT2D eigenvalue weighted by molar-refractivity contribution is 5.76. The van der Waals surface area contributed by atoms with Gasteiger partial charge in [-0.3, -0.25) is 4.79 Å². The van der Waals surface area contributed by atoms with Gasteiger partial charge in [0.1, 0.15) is 18.1 Å². The molecule has 1 aliphatic heterocycles. The monoisotopic (exact) mass is 266 g/mol. The second kappa shape index (κ2) is 7.31. The van der Waals surface area contributed by atoms with Crippen molar-refractivity contribution in [2.75, 3.05) is 19.6 Å². The molecule has 1 saturated heterocycles. The minimum absolute atomic E-state index is 0.0759. The van der Waals surface area contributed by atoms with Gasteiger partial charge in [0.15, 0.2) is 0 Å². The summed E-state index contributed by atoms with van der Waals surface area (Å²) in [5, 5.41) is 12.1. The molecule has 5 nitrogen and oxygen atoms in total. The molecule has 0 aromatic carbocycles. The first-order valence-corrected chi connectivity index (χ1v) is 6.96. The summed E-state index contributed by atoms with van der Waals surface area (Å²) in [6.45, 7) is 3.00. The Morgan fingerprint density at radius 1 is 1.26 bits per heavy atom. The molecule has 0 radical (unpaired) electrons. The lowest BCUT2D eigenvalue weighted by atomic mass is 10.1. The van der Waals surface area contributed by atoms with Crippen molar-refractivity contribution >= 4 is 5.91 Å². The number of hydrogen-bond acceptors (Lipinski definition) is 4. The van der Waals surface area contributed by atoms with Crippen molar-refractivity contribution in [2.24, 2.45) is 0 Å². The van der Waals surface area contributed by atoms with E-state index in [2.05, 4.69) is 5.32 Å². The number of nitrogens with zero attached hydrogens (tertiary/aromatic N) is 1. The van der Waals surface area contributed by atoms with E-state index < -0.39 is 0 Å². The van der Waals surface area contributed by atoms with Gasteiger partial charge in [0.2, 0.25) is 5.91 Å². The number of nitrogens with one attached hydrogen (secondary N) is 1. The molecule has 1 amide bonds. The molecule has 0 atom stereocenters. The first kappa shape index (κ1) is 14.1. The van der Waals surface area contributed by atoms with E-state index in [1.54, 1.807) is 6.07 Å². The average Bonchev–Trinajstić information content (AvgIpc) is 2.92. The van der Waals surface area contributed by atoms with Crippen LogP contribution in [0, 0.1) is 0 Å². The third-order valence-electron chi connectivity index (χ3n) is 3.40. The van der Waals surface area contributed by atoms with Crippen LogP contribution in [-0.4, -0.2) is 35.5 Å². The van der Waals surface area contributed by atoms with Crippen LogP contribution < -0.4 is 5.32 Å². The highest BCUT2D eigenvalue weighted by Crippen LogP contribution is 2.10. The molecule has 1 aromatic heterocycles. The molecular formula is C14H22N2O3. The summed E-state index contributed by atoms with van der Waals surface area (Å²) in [4.78, 5) is 13.8. The number of hydrogen-bond donors (Lipinski definition) is 2. The minimum atomic E-state index is -0.0759. The summed E-state index contributed by atoms with van der Waals surface area (Å²) in [5.41, 5.74) is 0. The van der Waals surface area contributed by atoms with Gasteiger partial charge >= 0.3 is 0 Å². The topological polar surface area (TPSA) is 65.7 Å². The number of aliphatic hydroxyl groups is 1. The lowest BCUT2D eigenvalue weighted by Gasteiger charge is -2.26. The fraction of sp³-hybridized carbons (Fsp3) is 0.643. The maximum Gasteiger partial charge on any atom is 0.223 e. The molecule has 1 aromatic rings. The Hall–Kier alpha value is -1.33. The van der Waals surface area contributed by atoms with E-state index in [1.165, 1.54) is 6.42 Å². The number of carbonyl (C=O) groups is 1. The fourth-order valence-corrected chi connectivity index (χ4v) is 2.31. The molecule has 0 saturated carbocycles. The Bertz CT molecular complexity index is 397. The molecule has 2 N–H and O–H groups in total. The van der Waals surface area contributed by atoms with Crippen LogP contribution in [0.3, 0.4) is 0 Å².